The van der Waals surface area contributed by atoms with Crippen molar-refractivity contribution >= 4 is 27.3 Å². The molecule has 0 aliphatic heterocycles. The largest absolute Gasteiger partial charge is 0.397 e. The SMILES string of the molecule is Nc1ccc(Br)cc1N(CCO)CC(F)F. The fourth-order valence-electron chi connectivity index (χ4n) is 1.39. The monoisotopic (exact) mass is 294 g/mol. The topological polar surface area (TPSA) is 49.5 Å². The van der Waals surface area contributed by atoms with E-state index in [9.17, 15) is 8.78 Å². The quantitative estimate of drug-likeness (QED) is 0.818. The number of rotatable bonds is 5. The first-order valence-electron chi connectivity index (χ1n) is 4.73. The summed E-state index contributed by atoms with van der Waals surface area (Å²) in [7, 11) is 0. The molecule has 90 valence electrons. The Morgan fingerprint density at radius 3 is 2.69 bits per heavy atom. The summed E-state index contributed by atoms with van der Waals surface area (Å²) in [6, 6.07) is 5.03. The van der Waals surface area contributed by atoms with Crippen molar-refractivity contribution in [3.63, 3.8) is 0 Å². The van der Waals surface area contributed by atoms with E-state index in [0.29, 0.717) is 11.4 Å². The first-order valence-corrected chi connectivity index (χ1v) is 5.53. The van der Waals surface area contributed by atoms with Gasteiger partial charge in [0, 0.05) is 11.0 Å². The fourth-order valence-corrected chi connectivity index (χ4v) is 1.74. The highest BCUT2D eigenvalue weighted by Gasteiger charge is 2.14. The van der Waals surface area contributed by atoms with Gasteiger partial charge < -0.3 is 15.7 Å². The smallest absolute Gasteiger partial charge is 0.255 e. The predicted octanol–water partition coefficient (Wildman–Crippen LogP) is 2.10. The average Bonchev–Trinajstić information content (AvgIpc) is 2.20. The van der Waals surface area contributed by atoms with Crippen molar-refractivity contribution in [2.24, 2.45) is 0 Å². The van der Waals surface area contributed by atoms with Crippen molar-refractivity contribution in [1.82, 2.24) is 0 Å². The van der Waals surface area contributed by atoms with E-state index < -0.39 is 13.0 Å². The lowest BCUT2D eigenvalue weighted by Gasteiger charge is -2.25. The first kappa shape index (κ1) is 13.2. The molecular weight excluding hydrogens is 282 g/mol. The zero-order valence-electron chi connectivity index (χ0n) is 8.54. The summed E-state index contributed by atoms with van der Waals surface area (Å²) >= 11 is 3.25. The number of hydrogen-bond acceptors (Lipinski definition) is 3. The molecule has 0 radical (unpaired) electrons. The first-order chi connectivity index (χ1) is 7.54. The Bertz CT molecular complexity index is 350. The molecule has 0 fully saturated rings. The standard InChI is InChI=1S/C10H13BrF2N2O/c11-7-1-2-8(14)9(5-7)15(3-4-16)6-10(12)13/h1-2,5,10,16H,3-4,6,14H2. The molecule has 6 heteroatoms. The van der Waals surface area contributed by atoms with Crippen LogP contribution in [0.4, 0.5) is 20.2 Å². The van der Waals surface area contributed by atoms with Crippen LogP contribution in [0.5, 0.6) is 0 Å². The molecule has 1 rings (SSSR count). The van der Waals surface area contributed by atoms with Crippen LogP contribution in [-0.4, -0.2) is 31.2 Å². The molecule has 0 aliphatic rings. The fraction of sp³-hybridized carbons (Fsp3) is 0.400. The van der Waals surface area contributed by atoms with Crippen molar-refractivity contribution in [2.45, 2.75) is 6.43 Å². The van der Waals surface area contributed by atoms with E-state index in [4.69, 9.17) is 10.8 Å². The van der Waals surface area contributed by atoms with E-state index in [1.54, 1.807) is 18.2 Å². The third-order valence-electron chi connectivity index (χ3n) is 2.06. The number of aliphatic hydroxyl groups excluding tert-OH is 1. The van der Waals surface area contributed by atoms with Crippen LogP contribution in [0.15, 0.2) is 22.7 Å². The second kappa shape index (κ2) is 6.00. The van der Waals surface area contributed by atoms with Gasteiger partial charge in [-0.1, -0.05) is 15.9 Å². The van der Waals surface area contributed by atoms with Crippen LogP contribution in [0.1, 0.15) is 0 Å². The molecule has 0 unspecified atom stereocenters. The van der Waals surface area contributed by atoms with Crippen LogP contribution in [0.25, 0.3) is 0 Å². The van der Waals surface area contributed by atoms with Crippen molar-refractivity contribution in [3.8, 4) is 0 Å². The number of anilines is 2. The van der Waals surface area contributed by atoms with Crippen LogP contribution in [0.3, 0.4) is 0 Å². The highest BCUT2D eigenvalue weighted by atomic mass is 79.9. The highest BCUT2D eigenvalue weighted by molar-refractivity contribution is 9.10. The molecule has 0 bridgehead atoms. The normalized spacial score (nSPS) is 10.8. The van der Waals surface area contributed by atoms with E-state index in [-0.39, 0.29) is 13.2 Å². The minimum absolute atomic E-state index is 0.130. The molecule has 0 spiro atoms. The average molecular weight is 295 g/mol. The molecule has 3 N–H and O–H groups in total. The molecule has 3 nitrogen and oxygen atoms in total. The maximum Gasteiger partial charge on any atom is 0.255 e. The third kappa shape index (κ3) is 3.61. The number of alkyl halides is 2. The number of nitrogens with two attached hydrogens (primary N) is 1. The van der Waals surface area contributed by atoms with Gasteiger partial charge in [-0.25, -0.2) is 8.78 Å². The number of nitrogens with zero attached hydrogens (tertiary/aromatic N) is 1. The second-order valence-electron chi connectivity index (χ2n) is 3.26. The van der Waals surface area contributed by atoms with Gasteiger partial charge in [-0.2, -0.15) is 0 Å². The summed E-state index contributed by atoms with van der Waals surface area (Å²) in [5.41, 5.74) is 6.62. The maximum absolute atomic E-state index is 12.4. The molecular formula is C10H13BrF2N2O. The van der Waals surface area contributed by atoms with Gasteiger partial charge in [0.1, 0.15) is 0 Å². The minimum atomic E-state index is -2.47. The number of nitrogen functional groups attached to an aromatic ring is 1. The molecule has 0 saturated carbocycles. The van der Waals surface area contributed by atoms with E-state index in [0.717, 1.165) is 4.47 Å². The Hall–Kier alpha value is -0.880. The van der Waals surface area contributed by atoms with Gasteiger partial charge in [-0.15, -0.1) is 0 Å². The van der Waals surface area contributed by atoms with Crippen molar-refractivity contribution in [2.75, 3.05) is 30.3 Å². The second-order valence-corrected chi connectivity index (χ2v) is 4.18. The number of aliphatic hydroxyl groups is 1. The van der Waals surface area contributed by atoms with Crippen LogP contribution in [0, 0.1) is 0 Å². The van der Waals surface area contributed by atoms with Crippen molar-refractivity contribution in [3.05, 3.63) is 22.7 Å². The van der Waals surface area contributed by atoms with Gasteiger partial charge in [0.05, 0.1) is 24.5 Å². The Labute approximate surface area is 101 Å². The molecule has 1 aromatic rings. The Balaban J connectivity index is 2.94. The van der Waals surface area contributed by atoms with Gasteiger partial charge in [0.15, 0.2) is 0 Å². The highest BCUT2D eigenvalue weighted by Crippen LogP contribution is 2.27. The molecule has 0 atom stereocenters. The summed E-state index contributed by atoms with van der Waals surface area (Å²) in [6.07, 6.45) is -2.47. The zero-order chi connectivity index (χ0) is 12.1. The summed E-state index contributed by atoms with van der Waals surface area (Å²) in [4.78, 5) is 1.37. The molecule has 0 aromatic heterocycles. The predicted molar refractivity (Wildman–Crippen MR) is 63.9 cm³/mol. The van der Waals surface area contributed by atoms with Gasteiger partial charge in [0.25, 0.3) is 6.43 Å². The van der Waals surface area contributed by atoms with Gasteiger partial charge in [0.2, 0.25) is 0 Å². The lowest BCUT2D eigenvalue weighted by atomic mass is 10.2. The number of benzene rings is 1. The van der Waals surface area contributed by atoms with E-state index in [1.807, 2.05) is 0 Å². The molecule has 0 aliphatic carbocycles. The van der Waals surface area contributed by atoms with Crippen LogP contribution >= 0.6 is 15.9 Å². The van der Waals surface area contributed by atoms with Gasteiger partial charge in [-0.05, 0) is 18.2 Å². The Kier molecular flexibility index (Phi) is 4.95. The van der Waals surface area contributed by atoms with E-state index >= 15 is 0 Å². The van der Waals surface area contributed by atoms with Crippen molar-refractivity contribution in [1.29, 1.82) is 0 Å². The molecule has 0 saturated heterocycles. The summed E-state index contributed by atoms with van der Waals surface area (Å²) < 4.78 is 25.5. The lowest BCUT2D eigenvalue weighted by Crippen LogP contribution is -2.32. The number of halogens is 3. The molecule has 16 heavy (non-hydrogen) atoms. The summed E-state index contributed by atoms with van der Waals surface area (Å²) in [5, 5.41) is 8.83. The molecule has 1 aromatic carbocycles. The van der Waals surface area contributed by atoms with Crippen LogP contribution in [0.2, 0.25) is 0 Å². The third-order valence-corrected chi connectivity index (χ3v) is 2.55. The molecule has 0 amide bonds. The Morgan fingerprint density at radius 1 is 1.44 bits per heavy atom. The minimum Gasteiger partial charge on any atom is -0.397 e. The van der Waals surface area contributed by atoms with Gasteiger partial charge >= 0.3 is 0 Å². The molecule has 0 heterocycles. The van der Waals surface area contributed by atoms with E-state index in [1.165, 1.54) is 4.90 Å². The zero-order valence-corrected chi connectivity index (χ0v) is 10.1. The number of hydrogen-bond donors (Lipinski definition) is 2. The van der Waals surface area contributed by atoms with E-state index in [2.05, 4.69) is 15.9 Å². The van der Waals surface area contributed by atoms with Crippen LogP contribution < -0.4 is 10.6 Å². The summed E-state index contributed by atoms with van der Waals surface area (Å²) in [6.45, 7) is -0.509. The van der Waals surface area contributed by atoms with Crippen LogP contribution in [-0.2, 0) is 0 Å². The lowest BCUT2D eigenvalue weighted by molar-refractivity contribution is 0.153. The summed E-state index contributed by atoms with van der Waals surface area (Å²) in [5.74, 6) is 0. The van der Waals surface area contributed by atoms with Gasteiger partial charge in [-0.3, -0.25) is 0 Å². The maximum atomic E-state index is 12.4. The van der Waals surface area contributed by atoms with Crippen molar-refractivity contribution < 1.29 is 13.9 Å². The Morgan fingerprint density at radius 2 is 2.12 bits per heavy atom.